The Kier molecular flexibility index (Phi) is 4.77. The molecule has 1 fully saturated rings. The first-order valence-electron chi connectivity index (χ1n) is 8.49. The third kappa shape index (κ3) is 3.59. The molecule has 1 aliphatic heterocycles. The smallest absolute Gasteiger partial charge is 0.494 e. The molecule has 3 rings (SSSR count). The Hall–Kier alpha value is -2.38. The molecule has 1 saturated heterocycles. The first-order valence-corrected chi connectivity index (χ1v) is 8.49. The topological polar surface area (TPSA) is 69.7 Å². The third-order valence-electron chi connectivity index (χ3n) is 4.87. The Labute approximate surface area is 154 Å². The van der Waals surface area contributed by atoms with E-state index in [0.717, 1.165) is 5.46 Å². The Morgan fingerprint density at radius 1 is 1.12 bits per heavy atom. The van der Waals surface area contributed by atoms with Gasteiger partial charge in [0.15, 0.2) is 0 Å². The Morgan fingerprint density at radius 3 is 2.38 bits per heavy atom. The van der Waals surface area contributed by atoms with Gasteiger partial charge in [0.05, 0.1) is 24.5 Å². The van der Waals surface area contributed by atoms with Gasteiger partial charge < -0.3 is 19.4 Å². The van der Waals surface area contributed by atoms with Gasteiger partial charge in [-0.3, -0.25) is 4.79 Å². The number of rotatable bonds is 4. The Bertz CT molecular complexity index is 789. The van der Waals surface area contributed by atoms with E-state index in [0.29, 0.717) is 17.1 Å². The summed E-state index contributed by atoms with van der Waals surface area (Å²) in [6, 6.07) is 10.8. The molecule has 0 spiro atoms. The molecule has 2 aromatic rings. The molecule has 136 valence electrons. The molecule has 1 aromatic carbocycles. The molecule has 2 heterocycles. The van der Waals surface area contributed by atoms with E-state index in [1.165, 1.54) is 6.20 Å². The van der Waals surface area contributed by atoms with E-state index in [1.54, 1.807) is 19.2 Å². The van der Waals surface area contributed by atoms with Crippen molar-refractivity contribution >= 4 is 24.2 Å². The third-order valence-corrected chi connectivity index (χ3v) is 4.87. The largest absolute Gasteiger partial charge is 0.495 e. The van der Waals surface area contributed by atoms with Crippen LogP contribution in [0.15, 0.2) is 42.6 Å². The molecule has 0 bridgehead atoms. The van der Waals surface area contributed by atoms with Crippen molar-refractivity contribution in [3.63, 3.8) is 0 Å². The van der Waals surface area contributed by atoms with Crippen LogP contribution < -0.4 is 15.5 Å². The minimum Gasteiger partial charge on any atom is -0.495 e. The van der Waals surface area contributed by atoms with Crippen LogP contribution in [0.4, 0.5) is 5.69 Å². The van der Waals surface area contributed by atoms with E-state index in [-0.39, 0.29) is 5.91 Å². The van der Waals surface area contributed by atoms with E-state index in [9.17, 15) is 4.79 Å². The van der Waals surface area contributed by atoms with Crippen LogP contribution in [0.3, 0.4) is 0 Å². The van der Waals surface area contributed by atoms with Crippen LogP contribution in [0, 0.1) is 0 Å². The lowest BCUT2D eigenvalue weighted by Gasteiger charge is -2.32. The van der Waals surface area contributed by atoms with Gasteiger partial charge >= 0.3 is 7.12 Å². The quantitative estimate of drug-likeness (QED) is 0.855. The molecular weight excluding hydrogens is 331 g/mol. The molecule has 1 N–H and O–H groups in total. The predicted molar refractivity (Wildman–Crippen MR) is 101 cm³/mol. The number of amides is 1. The van der Waals surface area contributed by atoms with Crippen LogP contribution in [-0.4, -0.2) is 36.3 Å². The van der Waals surface area contributed by atoms with E-state index in [2.05, 4.69) is 10.3 Å². The highest BCUT2D eigenvalue weighted by Crippen LogP contribution is 2.36. The van der Waals surface area contributed by atoms with Crippen LogP contribution in [-0.2, 0) is 9.31 Å². The number of hydrogen-bond donors (Lipinski definition) is 1. The number of methoxy groups -OCH3 is 1. The Morgan fingerprint density at radius 2 is 1.81 bits per heavy atom. The molecule has 0 saturated carbocycles. The number of anilines is 1. The zero-order chi connectivity index (χ0) is 18.9. The van der Waals surface area contributed by atoms with Crippen LogP contribution in [0.5, 0.6) is 5.75 Å². The fourth-order valence-electron chi connectivity index (χ4n) is 2.57. The van der Waals surface area contributed by atoms with E-state index in [1.807, 2.05) is 52.0 Å². The summed E-state index contributed by atoms with van der Waals surface area (Å²) in [5, 5.41) is 2.85. The SMILES string of the molecule is COc1ccc(C(=O)Nc2cccc(B3OC(C)(C)C(C)(C)O3)c2)nc1. The molecule has 1 aromatic heterocycles. The van der Waals surface area contributed by atoms with Crippen molar-refractivity contribution in [3.8, 4) is 5.75 Å². The predicted octanol–water partition coefficient (Wildman–Crippen LogP) is 2.64. The summed E-state index contributed by atoms with van der Waals surface area (Å²) < 4.78 is 17.2. The highest BCUT2D eigenvalue weighted by atomic mass is 16.7. The van der Waals surface area contributed by atoms with Gasteiger partial charge in [-0.1, -0.05) is 12.1 Å². The Balaban J connectivity index is 1.74. The van der Waals surface area contributed by atoms with Crippen LogP contribution in [0.25, 0.3) is 0 Å². The minimum atomic E-state index is -0.476. The molecule has 0 unspecified atom stereocenters. The van der Waals surface area contributed by atoms with E-state index >= 15 is 0 Å². The lowest BCUT2D eigenvalue weighted by molar-refractivity contribution is 0.00578. The lowest BCUT2D eigenvalue weighted by Crippen LogP contribution is -2.41. The summed E-state index contributed by atoms with van der Waals surface area (Å²) >= 11 is 0. The molecule has 6 nitrogen and oxygen atoms in total. The molecular formula is C19H23BN2O4. The van der Waals surface area contributed by atoms with Crippen molar-refractivity contribution in [2.75, 3.05) is 12.4 Å². The summed E-state index contributed by atoms with van der Waals surface area (Å²) in [6.07, 6.45) is 1.51. The van der Waals surface area contributed by atoms with Crippen LogP contribution in [0.2, 0.25) is 0 Å². The second-order valence-electron chi connectivity index (χ2n) is 7.25. The summed E-state index contributed by atoms with van der Waals surface area (Å²) in [6.45, 7) is 8.03. The number of ether oxygens (including phenoxy) is 1. The average Bonchev–Trinajstić information content (AvgIpc) is 2.83. The normalized spacial score (nSPS) is 17.8. The zero-order valence-electron chi connectivity index (χ0n) is 15.7. The van der Waals surface area contributed by atoms with Crippen molar-refractivity contribution in [2.24, 2.45) is 0 Å². The van der Waals surface area contributed by atoms with Crippen molar-refractivity contribution < 1.29 is 18.8 Å². The number of nitrogens with zero attached hydrogens (tertiary/aromatic N) is 1. The second kappa shape index (κ2) is 6.74. The van der Waals surface area contributed by atoms with E-state index < -0.39 is 18.3 Å². The molecule has 0 atom stereocenters. The van der Waals surface area contributed by atoms with Crippen LogP contribution in [0.1, 0.15) is 38.2 Å². The number of pyridine rings is 1. The van der Waals surface area contributed by atoms with Crippen molar-refractivity contribution in [1.82, 2.24) is 4.98 Å². The zero-order valence-corrected chi connectivity index (χ0v) is 15.7. The number of aromatic nitrogens is 1. The standard InChI is InChI=1S/C19H23BN2O4/c1-18(2)19(3,4)26-20(25-18)13-7-6-8-14(11-13)22-17(23)16-10-9-15(24-5)12-21-16/h6-12H,1-5H3,(H,22,23). The molecule has 1 amide bonds. The average molecular weight is 354 g/mol. The van der Waals surface area contributed by atoms with E-state index in [4.69, 9.17) is 14.0 Å². The maximum atomic E-state index is 12.4. The number of hydrogen-bond acceptors (Lipinski definition) is 5. The van der Waals surface area contributed by atoms with Gasteiger partial charge in [-0.2, -0.15) is 0 Å². The molecule has 26 heavy (non-hydrogen) atoms. The maximum absolute atomic E-state index is 12.4. The van der Waals surface area contributed by atoms with Gasteiger partial charge in [0.2, 0.25) is 0 Å². The fourth-order valence-corrected chi connectivity index (χ4v) is 2.57. The highest BCUT2D eigenvalue weighted by Gasteiger charge is 2.51. The van der Waals surface area contributed by atoms with Crippen LogP contribution >= 0.6 is 0 Å². The minimum absolute atomic E-state index is 0.293. The summed E-state index contributed by atoms with van der Waals surface area (Å²) in [5.41, 5.74) is 0.990. The van der Waals surface area contributed by atoms with Crippen molar-refractivity contribution in [1.29, 1.82) is 0 Å². The van der Waals surface area contributed by atoms with Gasteiger partial charge in [-0.05, 0) is 57.4 Å². The first kappa shape index (κ1) is 18.4. The first-order chi connectivity index (χ1) is 12.2. The van der Waals surface area contributed by atoms with Crippen molar-refractivity contribution in [3.05, 3.63) is 48.3 Å². The number of carbonyl (C=O) groups excluding carboxylic acids is 1. The lowest BCUT2D eigenvalue weighted by atomic mass is 9.79. The van der Waals surface area contributed by atoms with Gasteiger partial charge in [0.25, 0.3) is 5.91 Å². The summed E-state index contributed by atoms with van der Waals surface area (Å²) in [7, 11) is 1.08. The molecule has 0 radical (unpaired) electrons. The summed E-state index contributed by atoms with van der Waals surface area (Å²) in [4.78, 5) is 16.5. The van der Waals surface area contributed by atoms with Gasteiger partial charge in [-0.15, -0.1) is 0 Å². The number of benzene rings is 1. The second-order valence-corrected chi connectivity index (χ2v) is 7.25. The highest BCUT2D eigenvalue weighted by molar-refractivity contribution is 6.62. The van der Waals surface area contributed by atoms with Crippen molar-refractivity contribution in [2.45, 2.75) is 38.9 Å². The maximum Gasteiger partial charge on any atom is 0.494 e. The number of carbonyl (C=O) groups is 1. The van der Waals surface area contributed by atoms with Gasteiger partial charge in [0.1, 0.15) is 11.4 Å². The monoisotopic (exact) mass is 354 g/mol. The molecule has 1 aliphatic rings. The fraction of sp³-hybridized carbons (Fsp3) is 0.368. The molecule has 0 aliphatic carbocycles. The molecule has 7 heteroatoms. The van der Waals surface area contributed by atoms with Gasteiger partial charge in [0, 0.05) is 5.69 Å². The number of nitrogens with one attached hydrogen (secondary N) is 1. The van der Waals surface area contributed by atoms with Gasteiger partial charge in [-0.25, -0.2) is 4.98 Å². The summed E-state index contributed by atoms with van der Waals surface area (Å²) in [5.74, 6) is 0.308.